The zero-order valence-corrected chi connectivity index (χ0v) is 17.2. The molecule has 3 aromatic rings. The number of aromatic nitrogens is 2. The van der Waals surface area contributed by atoms with Crippen molar-refractivity contribution in [1.82, 2.24) is 14.9 Å². The van der Waals surface area contributed by atoms with Gasteiger partial charge in [0.05, 0.1) is 10.6 Å². The molecule has 0 fully saturated rings. The Morgan fingerprint density at radius 3 is 2.81 bits per heavy atom. The van der Waals surface area contributed by atoms with Gasteiger partial charge in [-0.3, -0.25) is 0 Å². The predicted molar refractivity (Wildman–Crippen MR) is 119 cm³/mol. The summed E-state index contributed by atoms with van der Waals surface area (Å²) >= 11 is 1.83. The molecule has 2 aromatic heterocycles. The lowest BCUT2D eigenvalue weighted by molar-refractivity contribution is 0.763. The van der Waals surface area contributed by atoms with Crippen LogP contribution in [-0.2, 0) is 6.42 Å². The topological polar surface area (TPSA) is 29.9 Å². The van der Waals surface area contributed by atoms with Gasteiger partial charge in [0.25, 0.3) is 0 Å². The van der Waals surface area contributed by atoms with Gasteiger partial charge in [0.2, 0.25) is 0 Å². The van der Waals surface area contributed by atoms with E-state index < -0.39 is 0 Å². The van der Waals surface area contributed by atoms with Crippen LogP contribution >= 0.6 is 11.3 Å². The Morgan fingerprint density at radius 1 is 1.37 bits per heavy atom. The second kappa shape index (κ2) is 6.54. The van der Waals surface area contributed by atoms with Crippen LogP contribution in [0.5, 0.6) is 0 Å². The highest BCUT2D eigenvalue weighted by Crippen LogP contribution is 2.47. The molecule has 4 rings (SSSR count). The van der Waals surface area contributed by atoms with Crippen LogP contribution in [0.4, 0.5) is 0 Å². The van der Waals surface area contributed by atoms with E-state index in [1.807, 2.05) is 25.3 Å². The Bertz CT molecular complexity index is 1110. The van der Waals surface area contributed by atoms with Crippen LogP contribution in [0.25, 0.3) is 38.1 Å². The third kappa shape index (κ3) is 2.67. The zero-order chi connectivity index (χ0) is 19.3. The fourth-order valence-corrected chi connectivity index (χ4v) is 5.05. The van der Waals surface area contributed by atoms with Gasteiger partial charge in [-0.25, -0.2) is 4.98 Å². The molecule has 1 aromatic carbocycles. The maximum absolute atomic E-state index is 5.06. The summed E-state index contributed by atoms with van der Waals surface area (Å²) in [5.41, 5.74) is 6.81. The average molecular weight is 376 g/mol. The summed E-state index contributed by atoms with van der Waals surface area (Å²) in [4.78, 5) is 6.34. The van der Waals surface area contributed by atoms with E-state index in [-0.39, 0.29) is 0 Å². The Hall–Kier alpha value is -2.59. The third-order valence-electron chi connectivity index (χ3n) is 5.14. The number of rotatable bonds is 4. The van der Waals surface area contributed by atoms with Crippen molar-refractivity contribution in [2.24, 2.45) is 0 Å². The quantitative estimate of drug-likeness (QED) is 0.594. The summed E-state index contributed by atoms with van der Waals surface area (Å²) in [6.07, 6.45) is 5.05. The number of hydrogen-bond donors (Lipinski definition) is 1. The molecule has 0 spiro atoms. The van der Waals surface area contributed by atoms with E-state index in [1.54, 1.807) is 0 Å². The summed E-state index contributed by atoms with van der Waals surface area (Å²) in [5.74, 6) is 1.44. The molecule has 27 heavy (non-hydrogen) atoms. The first-order valence-corrected chi connectivity index (χ1v) is 10.1. The first-order chi connectivity index (χ1) is 13.0. The Kier molecular flexibility index (Phi) is 4.31. The van der Waals surface area contributed by atoms with Crippen molar-refractivity contribution in [2.45, 2.75) is 33.1 Å². The van der Waals surface area contributed by atoms with Crippen molar-refractivity contribution in [3.63, 3.8) is 0 Å². The van der Waals surface area contributed by atoms with Gasteiger partial charge in [-0.05, 0) is 35.1 Å². The fraction of sp³-hybridized carbons (Fsp3) is 0.261. The highest BCUT2D eigenvalue weighted by atomic mass is 32.1. The monoisotopic (exact) mass is 375 g/mol. The predicted octanol–water partition coefficient (Wildman–Crippen LogP) is 6.14. The van der Waals surface area contributed by atoms with Crippen molar-refractivity contribution in [1.29, 1.82) is 0 Å². The smallest absolute Gasteiger partial charge is 0.116 e. The first kappa shape index (κ1) is 17.8. The van der Waals surface area contributed by atoms with Crippen LogP contribution in [0.3, 0.4) is 0 Å². The second-order valence-electron chi connectivity index (χ2n) is 7.30. The van der Waals surface area contributed by atoms with E-state index in [9.17, 15) is 0 Å². The molecule has 1 aliphatic rings. The molecule has 2 heterocycles. The Labute approximate surface area is 164 Å². The van der Waals surface area contributed by atoms with Gasteiger partial charge in [0.15, 0.2) is 0 Å². The maximum atomic E-state index is 5.06. The van der Waals surface area contributed by atoms with Gasteiger partial charge in [-0.1, -0.05) is 45.2 Å². The first-order valence-electron chi connectivity index (χ1n) is 9.32. The van der Waals surface area contributed by atoms with Gasteiger partial charge in [0.1, 0.15) is 11.5 Å². The van der Waals surface area contributed by atoms with Gasteiger partial charge in [-0.15, -0.1) is 11.3 Å². The summed E-state index contributed by atoms with van der Waals surface area (Å²) in [5, 5.41) is 4.45. The minimum absolute atomic E-state index is 0.350. The number of benzene rings is 1. The van der Waals surface area contributed by atoms with Crippen molar-refractivity contribution < 1.29 is 0 Å². The van der Waals surface area contributed by atoms with Crippen LogP contribution < -0.4 is 5.32 Å². The van der Waals surface area contributed by atoms with E-state index >= 15 is 0 Å². The zero-order valence-electron chi connectivity index (χ0n) is 16.4. The molecular formula is C23H25N3S. The van der Waals surface area contributed by atoms with Crippen molar-refractivity contribution >= 4 is 38.9 Å². The molecule has 138 valence electrons. The van der Waals surface area contributed by atoms with Gasteiger partial charge in [-0.2, -0.15) is 0 Å². The molecule has 0 unspecified atom stereocenters. The lowest BCUT2D eigenvalue weighted by atomic mass is 9.92. The molecule has 1 N–H and O–H groups in total. The summed E-state index contributed by atoms with van der Waals surface area (Å²) in [6.45, 7) is 14.9. The van der Waals surface area contributed by atoms with Crippen LogP contribution in [-0.4, -0.2) is 16.6 Å². The molecule has 4 heteroatoms. The molecular weight excluding hydrogens is 350 g/mol. The number of nitrogens with zero attached hydrogens (tertiary/aromatic N) is 2. The molecule has 0 aliphatic heterocycles. The minimum Gasteiger partial charge on any atom is -0.388 e. The second-order valence-corrected chi connectivity index (χ2v) is 8.36. The molecule has 0 saturated heterocycles. The molecule has 1 aliphatic carbocycles. The fourth-order valence-electron chi connectivity index (χ4n) is 3.80. The SMILES string of the molecule is C=C(NC)c1ccc2c3c(sc2c1)-c1nc(C(C)C)n(/C=C\C)c1C(=C)C3. The number of nitrogens with one attached hydrogen (secondary N) is 1. The average Bonchev–Trinajstić information content (AvgIpc) is 3.20. The number of allylic oxidation sites excluding steroid dienone is 2. The molecule has 0 radical (unpaired) electrons. The van der Waals surface area contributed by atoms with Crippen LogP contribution in [0.1, 0.15) is 49.3 Å². The number of hydrogen-bond acceptors (Lipinski definition) is 3. The van der Waals surface area contributed by atoms with Crippen molar-refractivity contribution in [3.05, 3.63) is 60.1 Å². The summed E-state index contributed by atoms with van der Waals surface area (Å²) in [7, 11) is 1.91. The standard InChI is InChI=1S/C23H25N3S/c1-7-10-26-21-14(4)11-18-17-9-8-16(15(5)24-6)12-19(17)27-22(18)20(21)25-23(26)13(2)3/h7-10,12-13,24H,4-5,11H2,1-3,6H3/b10-7-. The largest absolute Gasteiger partial charge is 0.388 e. The van der Waals surface area contributed by atoms with Gasteiger partial charge < -0.3 is 9.88 Å². The highest BCUT2D eigenvalue weighted by molar-refractivity contribution is 7.22. The number of fused-ring (bicyclic) bond motifs is 5. The van der Waals surface area contributed by atoms with Gasteiger partial charge in [0, 0.05) is 36.0 Å². The summed E-state index contributed by atoms with van der Waals surface area (Å²) < 4.78 is 3.51. The van der Waals surface area contributed by atoms with Crippen molar-refractivity contribution in [3.8, 4) is 10.6 Å². The lowest BCUT2D eigenvalue weighted by Crippen LogP contribution is -2.05. The van der Waals surface area contributed by atoms with Crippen LogP contribution in [0.2, 0.25) is 0 Å². The lowest BCUT2D eigenvalue weighted by Gasteiger charge is -2.17. The minimum atomic E-state index is 0.350. The molecule has 0 bridgehead atoms. The molecule has 3 nitrogen and oxygen atoms in total. The highest BCUT2D eigenvalue weighted by Gasteiger charge is 2.29. The van der Waals surface area contributed by atoms with E-state index in [2.05, 4.69) is 67.4 Å². The summed E-state index contributed by atoms with van der Waals surface area (Å²) in [6, 6.07) is 6.59. The molecule has 0 atom stereocenters. The van der Waals surface area contributed by atoms with E-state index in [1.165, 1.54) is 20.5 Å². The van der Waals surface area contributed by atoms with E-state index in [0.29, 0.717) is 5.92 Å². The Balaban J connectivity index is 1.98. The normalized spacial score (nSPS) is 13.4. The number of imidazole rings is 1. The number of thiophene rings is 1. The van der Waals surface area contributed by atoms with Crippen LogP contribution in [0, 0.1) is 0 Å². The van der Waals surface area contributed by atoms with Crippen LogP contribution in [0.15, 0.2) is 37.4 Å². The van der Waals surface area contributed by atoms with Gasteiger partial charge >= 0.3 is 0 Å². The van der Waals surface area contributed by atoms with E-state index in [4.69, 9.17) is 4.98 Å². The molecule has 0 saturated carbocycles. The Morgan fingerprint density at radius 2 is 2.15 bits per heavy atom. The third-order valence-corrected chi connectivity index (χ3v) is 6.34. The van der Waals surface area contributed by atoms with E-state index in [0.717, 1.165) is 40.5 Å². The molecule has 0 amide bonds. The van der Waals surface area contributed by atoms with Crippen molar-refractivity contribution in [2.75, 3.05) is 7.05 Å². The maximum Gasteiger partial charge on any atom is 0.116 e.